The number of fused-ring (bicyclic) bond motifs is 1. The molecule has 0 fully saturated rings. The standard InChI is InChI=1S/C38H50O4/c39-35(40)37(25-15-16-26-37)24-13-9-7-5-3-1-2-4-6-8-10-14-27-38(28-17-18-29-38)36(41)42-30-23-32-21-22-33-19-11-12-20-34(33)31-32/h1-2,11-12,15,17,19-22,25,28,31H,3-10,13-14,16,18,23-24,26-27,29-30H2,(H,39,40)/b2-1-. The molecule has 0 saturated heterocycles. The maximum Gasteiger partial charge on any atom is 0.315 e. The van der Waals surface area contributed by atoms with Crippen LogP contribution in [0.1, 0.15) is 108 Å². The molecule has 0 bridgehead atoms. The van der Waals surface area contributed by atoms with E-state index in [-0.39, 0.29) is 5.97 Å². The molecule has 2 aromatic rings. The predicted molar refractivity (Wildman–Crippen MR) is 172 cm³/mol. The molecule has 0 heterocycles. The molecule has 2 aromatic carbocycles. The summed E-state index contributed by atoms with van der Waals surface area (Å²) in [6.07, 6.45) is 30.1. The summed E-state index contributed by atoms with van der Waals surface area (Å²) in [5, 5.41) is 12.0. The van der Waals surface area contributed by atoms with E-state index in [9.17, 15) is 14.7 Å². The number of carboxylic acid groups (broad SMARTS) is 1. The summed E-state index contributed by atoms with van der Waals surface area (Å²) < 4.78 is 5.82. The van der Waals surface area contributed by atoms with E-state index in [1.807, 2.05) is 12.2 Å². The van der Waals surface area contributed by atoms with Crippen LogP contribution in [-0.4, -0.2) is 23.7 Å². The van der Waals surface area contributed by atoms with Crippen LogP contribution in [-0.2, 0) is 20.7 Å². The van der Waals surface area contributed by atoms with Crippen molar-refractivity contribution in [3.8, 4) is 0 Å². The lowest BCUT2D eigenvalue weighted by atomic mass is 9.82. The van der Waals surface area contributed by atoms with Gasteiger partial charge in [0.1, 0.15) is 0 Å². The normalized spacial score (nSPS) is 21.5. The molecule has 0 spiro atoms. The van der Waals surface area contributed by atoms with Gasteiger partial charge < -0.3 is 9.84 Å². The number of rotatable bonds is 19. The lowest BCUT2D eigenvalue weighted by Gasteiger charge is -2.25. The summed E-state index contributed by atoms with van der Waals surface area (Å²) in [4.78, 5) is 24.7. The number of ether oxygens (including phenoxy) is 1. The highest BCUT2D eigenvalue weighted by molar-refractivity contribution is 5.83. The van der Waals surface area contributed by atoms with Crippen molar-refractivity contribution in [2.45, 2.75) is 109 Å². The van der Waals surface area contributed by atoms with Gasteiger partial charge in [0.2, 0.25) is 0 Å². The topological polar surface area (TPSA) is 63.6 Å². The van der Waals surface area contributed by atoms with Crippen LogP contribution in [0.25, 0.3) is 10.8 Å². The average Bonchev–Trinajstić information content (AvgIpc) is 3.69. The lowest BCUT2D eigenvalue weighted by Crippen LogP contribution is -2.30. The van der Waals surface area contributed by atoms with Gasteiger partial charge in [0.15, 0.2) is 0 Å². The molecule has 4 rings (SSSR count). The van der Waals surface area contributed by atoms with Crippen LogP contribution in [0, 0.1) is 10.8 Å². The number of allylic oxidation sites excluding steroid dienone is 4. The summed E-state index contributed by atoms with van der Waals surface area (Å²) in [5.74, 6) is -0.697. The number of esters is 1. The Bertz CT molecular complexity index is 1240. The summed E-state index contributed by atoms with van der Waals surface area (Å²) >= 11 is 0. The van der Waals surface area contributed by atoms with Crippen molar-refractivity contribution in [2.75, 3.05) is 6.61 Å². The quantitative estimate of drug-likeness (QED) is 0.104. The molecule has 0 aliphatic heterocycles. The Morgan fingerprint density at radius 3 is 1.95 bits per heavy atom. The highest BCUT2D eigenvalue weighted by Crippen LogP contribution is 2.39. The van der Waals surface area contributed by atoms with Crippen LogP contribution in [0.3, 0.4) is 0 Å². The van der Waals surface area contributed by atoms with Crippen molar-refractivity contribution in [1.82, 2.24) is 0 Å². The highest BCUT2D eigenvalue weighted by atomic mass is 16.5. The minimum atomic E-state index is -0.653. The molecule has 4 nitrogen and oxygen atoms in total. The molecule has 2 atom stereocenters. The molecule has 0 saturated carbocycles. The van der Waals surface area contributed by atoms with Gasteiger partial charge in [-0.15, -0.1) is 0 Å². The van der Waals surface area contributed by atoms with E-state index >= 15 is 0 Å². The van der Waals surface area contributed by atoms with Crippen LogP contribution in [0.5, 0.6) is 0 Å². The Balaban J connectivity index is 1.02. The van der Waals surface area contributed by atoms with Crippen LogP contribution in [0.2, 0.25) is 0 Å². The Morgan fingerprint density at radius 1 is 0.738 bits per heavy atom. The van der Waals surface area contributed by atoms with Crippen molar-refractivity contribution in [1.29, 1.82) is 0 Å². The van der Waals surface area contributed by atoms with Gasteiger partial charge in [0.05, 0.1) is 17.4 Å². The van der Waals surface area contributed by atoms with Crippen LogP contribution >= 0.6 is 0 Å². The third kappa shape index (κ3) is 9.18. The van der Waals surface area contributed by atoms with Crippen LogP contribution in [0.15, 0.2) is 78.9 Å². The van der Waals surface area contributed by atoms with E-state index in [0.717, 1.165) is 83.5 Å². The largest absolute Gasteiger partial charge is 0.481 e. The fraction of sp³-hybridized carbons (Fsp3) is 0.526. The second-order valence-corrected chi connectivity index (χ2v) is 12.4. The van der Waals surface area contributed by atoms with Gasteiger partial charge in [-0.25, -0.2) is 0 Å². The first kappa shape index (κ1) is 31.8. The molecule has 2 unspecified atom stereocenters. The summed E-state index contributed by atoms with van der Waals surface area (Å²) in [5.41, 5.74) is 0.191. The van der Waals surface area contributed by atoms with E-state index in [4.69, 9.17) is 4.74 Å². The van der Waals surface area contributed by atoms with E-state index in [1.165, 1.54) is 42.0 Å². The van der Waals surface area contributed by atoms with Crippen molar-refractivity contribution in [3.63, 3.8) is 0 Å². The van der Waals surface area contributed by atoms with Crippen molar-refractivity contribution < 1.29 is 19.4 Å². The molecule has 2 aliphatic carbocycles. The third-order valence-electron chi connectivity index (χ3n) is 9.31. The van der Waals surface area contributed by atoms with E-state index in [2.05, 4.69) is 66.8 Å². The molecule has 4 heteroatoms. The van der Waals surface area contributed by atoms with Crippen LogP contribution < -0.4 is 0 Å². The molecule has 0 aromatic heterocycles. The van der Waals surface area contributed by atoms with E-state index in [0.29, 0.717) is 6.61 Å². The number of carboxylic acids is 1. The molecular formula is C38H50O4. The Hall–Kier alpha value is -3.14. The number of aliphatic carboxylic acids is 1. The number of carbonyl (C=O) groups excluding carboxylic acids is 1. The molecule has 0 radical (unpaired) electrons. The second-order valence-electron chi connectivity index (χ2n) is 12.4. The SMILES string of the molecule is O=C(O)C1(CCCCCC/C=C\CCCCCCC2(C(=O)OCCc3ccc4ccccc4c3)C=CCC2)C=CCC1. The van der Waals surface area contributed by atoms with Gasteiger partial charge in [0, 0.05) is 6.42 Å². The van der Waals surface area contributed by atoms with E-state index < -0.39 is 16.8 Å². The average molecular weight is 571 g/mol. The summed E-state index contributed by atoms with van der Waals surface area (Å²) in [6.45, 7) is 0.433. The number of hydrogen-bond donors (Lipinski definition) is 1. The zero-order valence-electron chi connectivity index (χ0n) is 25.4. The Morgan fingerprint density at radius 2 is 1.33 bits per heavy atom. The highest BCUT2D eigenvalue weighted by Gasteiger charge is 2.39. The molecule has 226 valence electrons. The van der Waals surface area contributed by atoms with Crippen molar-refractivity contribution >= 4 is 22.7 Å². The molecular weight excluding hydrogens is 520 g/mol. The van der Waals surface area contributed by atoms with Gasteiger partial charge in [-0.2, -0.15) is 0 Å². The van der Waals surface area contributed by atoms with Crippen molar-refractivity contribution in [2.24, 2.45) is 10.8 Å². The number of carbonyl (C=O) groups is 2. The van der Waals surface area contributed by atoms with Crippen LogP contribution in [0.4, 0.5) is 0 Å². The molecule has 42 heavy (non-hydrogen) atoms. The zero-order valence-corrected chi connectivity index (χ0v) is 25.4. The Kier molecular flexibility index (Phi) is 12.5. The third-order valence-corrected chi connectivity index (χ3v) is 9.31. The monoisotopic (exact) mass is 570 g/mol. The maximum absolute atomic E-state index is 13.1. The van der Waals surface area contributed by atoms with Gasteiger partial charge >= 0.3 is 11.9 Å². The summed E-state index contributed by atoms with van der Waals surface area (Å²) in [7, 11) is 0. The maximum atomic E-state index is 13.1. The van der Waals surface area contributed by atoms with Gasteiger partial charge in [-0.1, -0.05) is 117 Å². The minimum absolute atomic E-state index is 0.0447. The minimum Gasteiger partial charge on any atom is -0.481 e. The first-order chi connectivity index (χ1) is 20.5. The molecule has 2 aliphatic rings. The first-order valence-electron chi connectivity index (χ1n) is 16.4. The fourth-order valence-electron chi connectivity index (χ4n) is 6.59. The van der Waals surface area contributed by atoms with Crippen molar-refractivity contribution in [3.05, 3.63) is 84.5 Å². The van der Waals surface area contributed by atoms with E-state index in [1.54, 1.807) is 0 Å². The second kappa shape index (κ2) is 16.5. The molecule has 1 N–H and O–H groups in total. The molecule has 0 amide bonds. The number of benzene rings is 2. The van der Waals surface area contributed by atoms with Gasteiger partial charge in [0.25, 0.3) is 0 Å². The fourth-order valence-corrected chi connectivity index (χ4v) is 6.59. The van der Waals surface area contributed by atoms with Gasteiger partial charge in [-0.05, 0) is 80.5 Å². The summed E-state index contributed by atoms with van der Waals surface area (Å²) in [6, 6.07) is 14.8. The Labute approximate surface area is 252 Å². The predicted octanol–water partition coefficient (Wildman–Crippen LogP) is 9.92. The number of hydrogen-bond acceptors (Lipinski definition) is 3. The zero-order chi connectivity index (χ0) is 29.5. The lowest BCUT2D eigenvalue weighted by molar-refractivity contribution is -0.153. The number of unbranched alkanes of at least 4 members (excludes halogenated alkanes) is 8. The van der Waals surface area contributed by atoms with Gasteiger partial charge in [-0.3, -0.25) is 9.59 Å². The first-order valence-corrected chi connectivity index (χ1v) is 16.4. The smallest absolute Gasteiger partial charge is 0.315 e.